The predicted octanol–water partition coefficient (Wildman–Crippen LogP) is 2.75. The van der Waals surface area contributed by atoms with Crippen LogP contribution in [-0.2, 0) is 17.6 Å². The summed E-state index contributed by atoms with van der Waals surface area (Å²) in [6, 6.07) is 5.09. The Balaban J connectivity index is 2.69. The third kappa shape index (κ3) is 4.34. The molecule has 1 aromatic carbocycles. The van der Waals surface area contributed by atoms with Crippen LogP contribution in [0.1, 0.15) is 37.3 Å². The lowest BCUT2D eigenvalue weighted by atomic mass is 10.0. The zero-order valence-electron chi connectivity index (χ0n) is 9.57. The molecule has 0 saturated carbocycles. The first-order valence-electron chi connectivity index (χ1n) is 5.65. The summed E-state index contributed by atoms with van der Waals surface area (Å²) in [7, 11) is 0. The van der Waals surface area contributed by atoms with E-state index in [-0.39, 0.29) is 12.2 Å². The first kappa shape index (κ1) is 12.6. The lowest BCUT2D eigenvalue weighted by Crippen LogP contribution is -2.00. The largest absolute Gasteiger partial charge is 0.508 e. The van der Waals surface area contributed by atoms with E-state index in [1.165, 1.54) is 6.07 Å². The van der Waals surface area contributed by atoms with Gasteiger partial charge in [-0.1, -0.05) is 25.8 Å². The minimum absolute atomic E-state index is 0.0326. The first-order chi connectivity index (χ1) is 7.61. The van der Waals surface area contributed by atoms with E-state index in [0.29, 0.717) is 5.56 Å². The molecule has 0 radical (unpaired) electrons. The lowest BCUT2D eigenvalue weighted by Gasteiger charge is -2.05. The van der Waals surface area contributed by atoms with Crippen molar-refractivity contribution in [3.8, 4) is 5.75 Å². The Morgan fingerprint density at radius 1 is 1.19 bits per heavy atom. The minimum atomic E-state index is -0.870. The molecule has 0 bridgehead atoms. The number of carboxylic acids is 1. The van der Waals surface area contributed by atoms with Crippen molar-refractivity contribution in [2.45, 2.75) is 39.0 Å². The Morgan fingerprint density at radius 3 is 2.50 bits per heavy atom. The molecular weight excluding hydrogens is 204 g/mol. The Labute approximate surface area is 95.7 Å². The number of rotatable bonds is 6. The molecule has 2 N–H and O–H groups in total. The molecule has 0 heterocycles. The number of carboxylic acid groups (broad SMARTS) is 1. The van der Waals surface area contributed by atoms with Gasteiger partial charge >= 0.3 is 5.97 Å². The molecule has 0 amide bonds. The quantitative estimate of drug-likeness (QED) is 0.727. The average molecular weight is 222 g/mol. The first-order valence-corrected chi connectivity index (χ1v) is 5.65. The van der Waals surface area contributed by atoms with Crippen molar-refractivity contribution in [3.63, 3.8) is 0 Å². The molecule has 0 fully saturated rings. The van der Waals surface area contributed by atoms with Crippen LogP contribution in [0.5, 0.6) is 5.75 Å². The number of benzene rings is 1. The number of carbonyl (C=O) groups is 1. The van der Waals surface area contributed by atoms with Crippen LogP contribution in [0.3, 0.4) is 0 Å². The normalized spacial score (nSPS) is 10.3. The van der Waals surface area contributed by atoms with Crippen molar-refractivity contribution in [1.82, 2.24) is 0 Å². The standard InChI is InChI=1S/C13H18O3/c1-2-3-4-5-10-6-11(9-13(15)16)8-12(14)7-10/h6-8,14H,2-5,9H2,1H3,(H,15,16). The van der Waals surface area contributed by atoms with Crippen molar-refractivity contribution in [3.05, 3.63) is 29.3 Å². The number of hydrogen-bond donors (Lipinski definition) is 2. The van der Waals surface area contributed by atoms with Crippen molar-refractivity contribution >= 4 is 5.97 Å². The summed E-state index contributed by atoms with van der Waals surface area (Å²) in [5, 5.41) is 18.2. The van der Waals surface area contributed by atoms with Crippen LogP contribution in [0, 0.1) is 0 Å². The molecule has 0 saturated heterocycles. The van der Waals surface area contributed by atoms with Crippen LogP contribution >= 0.6 is 0 Å². The van der Waals surface area contributed by atoms with Crippen molar-refractivity contribution < 1.29 is 15.0 Å². The number of unbranched alkanes of at least 4 members (excludes halogenated alkanes) is 2. The van der Waals surface area contributed by atoms with Gasteiger partial charge in [0.15, 0.2) is 0 Å². The van der Waals surface area contributed by atoms with E-state index in [2.05, 4.69) is 6.92 Å². The highest BCUT2D eigenvalue weighted by Gasteiger charge is 2.04. The summed E-state index contributed by atoms with van der Waals surface area (Å²) < 4.78 is 0. The number of hydrogen-bond acceptors (Lipinski definition) is 2. The molecule has 3 nitrogen and oxygen atoms in total. The number of phenols is 1. The monoisotopic (exact) mass is 222 g/mol. The van der Waals surface area contributed by atoms with Crippen molar-refractivity contribution in [2.24, 2.45) is 0 Å². The second-order valence-corrected chi connectivity index (χ2v) is 4.04. The molecule has 0 aliphatic heterocycles. The fourth-order valence-electron chi connectivity index (χ4n) is 1.74. The topological polar surface area (TPSA) is 57.5 Å². The van der Waals surface area contributed by atoms with Crippen LogP contribution in [-0.4, -0.2) is 16.2 Å². The highest BCUT2D eigenvalue weighted by molar-refractivity contribution is 5.70. The van der Waals surface area contributed by atoms with Gasteiger partial charge in [0.2, 0.25) is 0 Å². The zero-order valence-corrected chi connectivity index (χ0v) is 9.57. The highest BCUT2D eigenvalue weighted by Crippen LogP contribution is 2.18. The van der Waals surface area contributed by atoms with Gasteiger partial charge in [-0.05, 0) is 36.1 Å². The summed E-state index contributed by atoms with van der Waals surface area (Å²) in [6.45, 7) is 2.14. The third-order valence-corrected chi connectivity index (χ3v) is 2.46. The van der Waals surface area contributed by atoms with Gasteiger partial charge in [-0.25, -0.2) is 0 Å². The summed E-state index contributed by atoms with van der Waals surface area (Å²) in [6.07, 6.45) is 4.25. The fraction of sp³-hybridized carbons (Fsp3) is 0.462. The summed E-state index contributed by atoms with van der Waals surface area (Å²) in [4.78, 5) is 10.6. The second-order valence-electron chi connectivity index (χ2n) is 4.04. The molecule has 0 aliphatic rings. The second kappa shape index (κ2) is 6.16. The number of aromatic hydroxyl groups is 1. The fourth-order valence-corrected chi connectivity index (χ4v) is 1.74. The number of aliphatic carboxylic acids is 1. The molecular formula is C13H18O3. The van der Waals surface area contributed by atoms with E-state index < -0.39 is 5.97 Å². The molecule has 1 rings (SSSR count). The van der Waals surface area contributed by atoms with Gasteiger partial charge in [-0.3, -0.25) is 4.79 Å². The predicted molar refractivity (Wildman–Crippen MR) is 62.7 cm³/mol. The molecule has 0 atom stereocenters. The Kier molecular flexibility index (Phi) is 4.83. The Bertz CT molecular complexity index is 358. The van der Waals surface area contributed by atoms with Gasteiger partial charge in [-0.2, -0.15) is 0 Å². The summed E-state index contributed by atoms with van der Waals surface area (Å²) >= 11 is 0. The number of phenolic OH excluding ortho intramolecular Hbond substituents is 1. The highest BCUT2D eigenvalue weighted by atomic mass is 16.4. The Hall–Kier alpha value is -1.51. The average Bonchev–Trinajstić information content (AvgIpc) is 2.16. The van der Waals surface area contributed by atoms with E-state index in [0.717, 1.165) is 31.2 Å². The van der Waals surface area contributed by atoms with Crippen molar-refractivity contribution in [2.75, 3.05) is 0 Å². The maximum absolute atomic E-state index is 10.6. The smallest absolute Gasteiger partial charge is 0.307 e. The molecule has 1 aromatic rings. The SMILES string of the molecule is CCCCCc1cc(O)cc(CC(=O)O)c1. The maximum Gasteiger partial charge on any atom is 0.307 e. The van der Waals surface area contributed by atoms with Gasteiger partial charge < -0.3 is 10.2 Å². The summed E-state index contributed by atoms with van der Waals surface area (Å²) in [5.74, 6) is -0.713. The maximum atomic E-state index is 10.6. The molecule has 3 heteroatoms. The zero-order chi connectivity index (χ0) is 12.0. The van der Waals surface area contributed by atoms with Gasteiger partial charge in [0.1, 0.15) is 5.75 Å². The third-order valence-electron chi connectivity index (χ3n) is 2.46. The minimum Gasteiger partial charge on any atom is -0.508 e. The Morgan fingerprint density at radius 2 is 1.88 bits per heavy atom. The molecule has 0 aromatic heterocycles. The van der Waals surface area contributed by atoms with E-state index in [1.54, 1.807) is 6.07 Å². The van der Waals surface area contributed by atoms with Gasteiger partial charge in [-0.15, -0.1) is 0 Å². The lowest BCUT2D eigenvalue weighted by molar-refractivity contribution is -0.136. The van der Waals surface area contributed by atoms with E-state index >= 15 is 0 Å². The molecule has 88 valence electrons. The van der Waals surface area contributed by atoms with Crippen molar-refractivity contribution in [1.29, 1.82) is 0 Å². The molecule has 16 heavy (non-hydrogen) atoms. The van der Waals surface area contributed by atoms with Crippen LogP contribution in [0.4, 0.5) is 0 Å². The number of aryl methyl sites for hydroxylation is 1. The molecule has 0 spiro atoms. The van der Waals surface area contributed by atoms with E-state index in [9.17, 15) is 9.90 Å². The van der Waals surface area contributed by atoms with Gasteiger partial charge in [0, 0.05) is 0 Å². The van der Waals surface area contributed by atoms with E-state index in [1.807, 2.05) is 6.07 Å². The molecule has 0 aliphatic carbocycles. The van der Waals surface area contributed by atoms with Crippen LogP contribution < -0.4 is 0 Å². The van der Waals surface area contributed by atoms with Crippen LogP contribution in [0.25, 0.3) is 0 Å². The molecule has 0 unspecified atom stereocenters. The van der Waals surface area contributed by atoms with Gasteiger partial charge in [0.25, 0.3) is 0 Å². The van der Waals surface area contributed by atoms with Gasteiger partial charge in [0.05, 0.1) is 6.42 Å². The van der Waals surface area contributed by atoms with Crippen LogP contribution in [0.2, 0.25) is 0 Å². The summed E-state index contributed by atoms with van der Waals surface area (Å²) in [5.41, 5.74) is 1.68. The van der Waals surface area contributed by atoms with Crippen LogP contribution in [0.15, 0.2) is 18.2 Å². The van der Waals surface area contributed by atoms with E-state index in [4.69, 9.17) is 5.11 Å².